The van der Waals surface area contributed by atoms with Crippen LogP contribution in [0.3, 0.4) is 0 Å². The topological polar surface area (TPSA) is 103 Å². The Hall–Kier alpha value is -3.44. The summed E-state index contributed by atoms with van der Waals surface area (Å²) in [6.07, 6.45) is -3.02. The van der Waals surface area contributed by atoms with Gasteiger partial charge in [-0.1, -0.05) is 18.2 Å². The van der Waals surface area contributed by atoms with E-state index in [1.54, 1.807) is 17.5 Å². The Kier molecular flexibility index (Phi) is 6.88. The molecule has 1 atom stereocenters. The maximum absolute atomic E-state index is 13.0. The van der Waals surface area contributed by atoms with Gasteiger partial charge < -0.3 is 21.1 Å². The van der Waals surface area contributed by atoms with Crippen molar-refractivity contribution < 1.29 is 27.9 Å². The number of thiazole rings is 1. The summed E-state index contributed by atoms with van der Waals surface area (Å²) in [5.41, 5.74) is -0.384. The van der Waals surface area contributed by atoms with Gasteiger partial charge in [0.25, 0.3) is 11.8 Å². The lowest BCUT2D eigenvalue weighted by Gasteiger charge is -2.17. The quantitative estimate of drug-likeness (QED) is 0.440. The predicted octanol–water partition coefficient (Wildman–Crippen LogP) is 3.63. The number of hydrogen-bond acceptors (Lipinski definition) is 6. The molecular weight excluding hydrogens is 433 g/mol. The van der Waals surface area contributed by atoms with Crippen LogP contribution in [0, 0.1) is 0 Å². The van der Waals surface area contributed by atoms with Crippen molar-refractivity contribution >= 4 is 39.7 Å². The lowest BCUT2D eigenvalue weighted by atomic mass is 10.1. The van der Waals surface area contributed by atoms with Crippen LogP contribution >= 0.6 is 11.3 Å². The second kappa shape index (κ2) is 9.58. The number of nitrogens with one attached hydrogen (secondary N) is 3. The first-order valence-corrected chi connectivity index (χ1v) is 9.81. The standard InChI is InChI=1S/C20H17F3N4O3S/c21-20(22,23)12-4-3-5-13(10-12)25-15-7-2-1-6-14(15)17(29)26-16(11-28)18(30)27-19-24-8-9-31-19/h1-10,16,25,28H,11H2,(H,26,29)(H,24,27,30)/t16-/m0/s1. The summed E-state index contributed by atoms with van der Waals surface area (Å²) in [6.45, 7) is -0.661. The molecule has 0 spiro atoms. The van der Waals surface area contributed by atoms with Crippen molar-refractivity contribution in [2.75, 3.05) is 17.2 Å². The van der Waals surface area contributed by atoms with Crippen molar-refractivity contribution in [3.8, 4) is 0 Å². The first-order valence-electron chi connectivity index (χ1n) is 8.93. The molecule has 2 aromatic carbocycles. The molecule has 0 aliphatic carbocycles. The van der Waals surface area contributed by atoms with Crippen molar-refractivity contribution in [3.63, 3.8) is 0 Å². The third kappa shape index (κ3) is 5.80. The van der Waals surface area contributed by atoms with Crippen LogP contribution in [-0.2, 0) is 11.0 Å². The third-order valence-electron chi connectivity index (χ3n) is 4.11. The summed E-state index contributed by atoms with van der Waals surface area (Å²) in [6, 6.07) is 9.42. The van der Waals surface area contributed by atoms with Crippen LogP contribution in [0.25, 0.3) is 0 Å². The molecule has 2 amide bonds. The molecule has 7 nitrogen and oxygen atoms in total. The number of carbonyl (C=O) groups excluding carboxylic acids is 2. The van der Waals surface area contributed by atoms with Crippen LogP contribution in [0.1, 0.15) is 15.9 Å². The Morgan fingerprint density at radius 1 is 1.13 bits per heavy atom. The van der Waals surface area contributed by atoms with E-state index in [1.165, 1.54) is 41.8 Å². The molecule has 3 aromatic rings. The number of aromatic nitrogens is 1. The Bertz CT molecular complexity index is 1060. The molecule has 0 saturated heterocycles. The second-order valence-electron chi connectivity index (χ2n) is 6.28. The highest BCUT2D eigenvalue weighted by Crippen LogP contribution is 2.31. The van der Waals surface area contributed by atoms with Crippen LogP contribution in [0.4, 0.5) is 29.7 Å². The summed E-state index contributed by atoms with van der Waals surface area (Å²) in [7, 11) is 0. The molecule has 1 aromatic heterocycles. The average molecular weight is 450 g/mol. The van der Waals surface area contributed by atoms with E-state index in [4.69, 9.17) is 0 Å². The van der Waals surface area contributed by atoms with Gasteiger partial charge in [-0.2, -0.15) is 13.2 Å². The van der Waals surface area contributed by atoms with Crippen molar-refractivity contribution in [2.45, 2.75) is 12.2 Å². The summed E-state index contributed by atoms with van der Waals surface area (Å²) in [5, 5.41) is 19.2. The lowest BCUT2D eigenvalue weighted by Crippen LogP contribution is -2.46. The number of anilines is 3. The van der Waals surface area contributed by atoms with Crippen molar-refractivity contribution in [2.24, 2.45) is 0 Å². The number of aliphatic hydroxyl groups excluding tert-OH is 1. The predicted molar refractivity (Wildman–Crippen MR) is 110 cm³/mol. The van der Waals surface area contributed by atoms with Crippen LogP contribution in [0.5, 0.6) is 0 Å². The first-order chi connectivity index (χ1) is 14.8. The van der Waals surface area contributed by atoms with Gasteiger partial charge in [0.15, 0.2) is 5.13 Å². The van der Waals surface area contributed by atoms with E-state index in [1.807, 2.05) is 0 Å². The van der Waals surface area contributed by atoms with Crippen LogP contribution in [0.15, 0.2) is 60.1 Å². The molecule has 0 unspecified atom stereocenters. The maximum Gasteiger partial charge on any atom is 0.416 e. The fourth-order valence-electron chi connectivity index (χ4n) is 2.63. The largest absolute Gasteiger partial charge is 0.416 e. The van der Waals surface area contributed by atoms with E-state index in [9.17, 15) is 27.9 Å². The normalized spacial score (nSPS) is 12.1. The number of alkyl halides is 3. The lowest BCUT2D eigenvalue weighted by molar-refractivity contribution is -0.137. The molecule has 3 rings (SSSR count). The first kappa shape index (κ1) is 22.2. The third-order valence-corrected chi connectivity index (χ3v) is 4.80. The van der Waals surface area contributed by atoms with Crippen LogP contribution in [-0.4, -0.2) is 34.6 Å². The van der Waals surface area contributed by atoms with Gasteiger partial charge in [-0.3, -0.25) is 9.59 Å². The molecule has 31 heavy (non-hydrogen) atoms. The average Bonchev–Trinajstić information content (AvgIpc) is 3.24. The van der Waals surface area contributed by atoms with Gasteiger partial charge in [-0.15, -0.1) is 11.3 Å². The number of nitrogens with zero attached hydrogens (tertiary/aromatic N) is 1. The highest BCUT2D eigenvalue weighted by Gasteiger charge is 2.30. The van der Waals surface area contributed by atoms with Crippen LogP contribution in [0.2, 0.25) is 0 Å². The molecule has 1 heterocycles. The number of halogens is 3. The minimum Gasteiger partial charge on any atom is -0.394 e. The van der Waals surface area contributed by atoms with E-state index in [2.05, 4.69) is 20.9 Å². The molecule has 4 N–H and O–H groups in total. The Morgan fingerprint density at radius 2 is 1.90 bits per heavy atom. The molecule has 0 aliphatic heterocycles. The SMILES string of the molecule is O=C(N[C@@H](CO)C(=O)Nc1nccs1)c1ccccc1Nc1cccc(C(F)(F)F)c1. The summed E-state index contributed by atoms with van der Waals surface area (Å²) < 4.78 is 38.9. The summed E-state index contributed by atoms with van der Waals surface area (Å²) in [4.78, 5) is 28.9. The van der Waals surface area contributed by atoms with Crippen molar-refractivity contribution in [1.82, 2.24) is 10.3 Å². The zero-order chi connectivity index (χ0) is 22.4. The fourth-order valence-corrected chi connectivity index (χ4v) is 3.16. The fraction of sp³-hybridized carbons (Fsp3) is 0.150. The smallest absolute Gasteiger partial charge is 0.394 e. The number of para-hydroxylation sites is 1. The van der Waals surface area contributed by atoms with Gasteiger partial charge in [-0.05, 0) is 30.3 Å². The van der Waals surface area contributed by atoms with E-state index in [-0.39, 0.29) is 16.9 Å². The van der Waals surface area contributed by atoms with E-state index >= 15 is 0 Å². The number of hydrogen-bond donors (Lipinski definition) is 4. The number of carbonyl (C=O) groups is 2. The zero-order valence-electron chi connectivity index (χ0n) is 15.8. The van der Waals surface area contributed by atoms with Gasteiger partial charge in [0.05, 0.1) is 23.4 Å². The molecule has 162 valence electrons. The van der Waals surface area contributed by atoms with Gasteiger partial charge in [0.1, 0.15) is 6.04 Å². The monoisotopic (exact) mass is 450 g/mol. The minimum absolute atomic E-state index is 0.0837. The van der Waals surface area contributed by atoms with Gasteiger partial charge in [-0.25, -0.2) is 4.98 Å². The Labute approximate surface area is 178 Å². The number of benzene rings is 2. The Morgan fingerprint density at radius 3 is 2.58 bits per heavy atom. The molecule has 0 fully saturated rings. The summed E-state index contributed by atoms with van der Waals surface area (Å²) in [5.74, 6) is -1.35. The highest BCUT2D eigenvalue weighted by molar-refractivity contribution is 7.13. The summed E-state index contributed by atoms with van der Waals surface area (Å²) >= 11 is 1.17. The number of rotatable bonds is 7. The van der Waals surface area contributed by atoms with Gasteiger partial charge >= 0.3 is 6.18 Å². The van der Waals surface area contributed by atoms with Crippen molar-refractivity contribution in [1.29, 1.82) is 0 Å². The second-order valence-corrected chi connectivity index (χ2v) is 7.18. The molecule has 0 bridgehead atoms. The van der Waals surface area contributed by atoms with Crippen molar-refractivity contribution in [3.05, 3.63) is 71.2 Å². The molecule has 0 radical (unpaired) electrons. The number of amides is 2. The van der Waals surface area contributed by atoms with Crippen LogP contribution < -0.4 is 16.0 Å². The highest BCUT2D eigenvalue weighted by atomic mass is 32.1. The minimum atomic E-state index is -4.51. The zero-order valence-corrected chi connectivity index (χ0v) is 16.6. The van der Waals surface area contributed by atoms with E-state index in [0.717, 1.165) is 12.1 Å². The molecule has 11 heteroatoms. The molecule has 0 saturated carbocycles. The number of aliphatic hydroxyl groups is 1. The van der Waals surface area contributed by atoms with Gasteiger partial charge in [0, 0.05) is 17.3 Å². The van der Waals surface area contributed by atoms with E-state index < -0.39 is 36.2 Å². The van der Waals surface area contributed by atoms with Gasteiger partial charge in [0.2, 0.25) is 0 Å². The molecule has 0 aliphatic rings. The molecular formula is C20H17F3N4O3S. The Balaban J connectivity index is 1.76. The maximum atomic E-state index is 13.0. The van der Waals surface area contributed by atoms with E-state index in [0.29, 0.717) is 5.13 Å².